The monoisotopic (exact) mass is 528 g/mol. The SMILES string of the molecule is CCCCCCOc1ccc(OCCOc2ccc(/C=C(\C#N)C(=O)Nc3ccc(C)cc3)cc2OC)cc1. The van der Waals surface area contributed by atoms with Crippen molar-refractivity contribution in [3.05, 3.63) is 83.4 Å². The average molecular weight is 529 g/mol. The number of nitriles is 1. The predicted octanol–water partition coefficient (Wildman–Crippen LogP) is 6.97. The van der Waals surface area contributed by atoms with Crippen LogP contribution in [-0.4, -0.2) is 32.8 Å². The molecule has 0 aliphatic rings. The van der Waals surface area contributed by atoms with Crippen molar-refractivity contribution in [2.24, 2.45) is 0 Å². The number of nitrogens with zero attached hydrogens (tertiary/aromatic N) is 1. The van der Waals surface area contributed by atoms with Crippen LogP contribution in [0, 0.1) is 18.3 Å². The van der Waals surface area contributed by atoms with Crippen molar-refractivity contribution in [1.29, 1.82) is 5.26 Å². The molecule has 39 heavy (non-hydrogen) atoms. The fourth-order valence-corrected chi connectivity index (χ4v) is 3.71. The molecule has 3 aromatic carbocycles. The first-order valence-corrected chi connectivity index (χ1v) is 13.2. The van der Waals surface area contributed by atoms with Crippen LogP contribution in [0.5, 0.6) is 23.0 Å². The predicted molar refractivity (Wildman–Crippen MR) is 153 cm³/mol. The van der Waals surface area contributed by atoms with Crippen molar-refractivity contribution in [3.8, 4) is 29.1 Å². The van der Waals surface area contributed by atoms with Crippen LogP contribution < -0.4 is 24.3 Å². The van der Waals surface area contributed by atoms with Crippen LogP contribution in [0.2, 0.25) is 0 Å². The molecule has 204 valence electrons. The zero-order valence-corrected chi connectivity index (χ0v) is 22.9. The quantitative estimate of drug-likeness (QED) is 0.130. The summed E-state index contributed by atoms with van der Waals surface area (Å²) in [6.07, 6.45) is 6.21. The Morgan fingerprint density at radius 2 is 1.51 bits per heavy atom. The van der Waals surface area contributed by atoms with E-state index in [0.29, 0.717) is 36.0 Å². The maximum Gasteiger partial charge on any atom is 0.266 e. The maximum absolute atomic E-state index is 12.6. The Kier molecular flexibility index (Phi) is 11.7. The molecule has 0 saturated heterocycles. The topological polar surface area (TPSA) is 89.8 Å². The molecule has 7 nitrogen and oxygen atoms in total. The van der Waals surface area contributed by atoms with Gasteiger partial charge in [0.25, 0.3) is 5.91 Å². The highest BCUT2D eigenvalue weighted by Gasteiger charge is 2.11. The normalized spacial score (nSPS) is 10.9. The molecular formula is C32H36N2O5. The molecule has 0 aliphatic carbocycles. The van der Waals surface area contributed by atoms with Gasteiger partial charge in [-0.3, -0.25) is 4.79 Å². The fourth-order valence-electron chi connectivity index (χ4n) is 3.71. The number of nitrogens with one attached hydrogen (secondary N) is 1. The van der Waals surface area contributed by atoms with E-state index in [0.717, 1.165) is 30.1 Å². The Morgan fingerprint density at radius 3 is 2.15 bits per heavy atom. The molecule has 0 radical (unpaired) electrons. The van der Waals surface area contributed by atoms with E-state index >= 15 is 0 Å². The highest BCUT2D eigenvalue weighted by Crippen LogP contribution is 2.29. The van der Waals surface area contributed by atoms with Gasteiger partial charge in [0, 0.05) is 5.69 Å². The van der Waals surface area contributed by atoms with Crippen molar-refractivity contribution in [2.75, 3.05) is 32.2 Å². The molecular weight excluding hydrogens is 492 g/mol. The lowest BCUT2D eigenvalue weighted by Gasteiger charge is -2.12. The fraction of sp³-hybridized carbons (Fsp3) is 0.312. The van der Waals surface area contributed by atoms with Crippen molar-refractivity contribution in [2.45, 2.75) is 39.5 Å². The summed E-state index contributed by atoms with van der Waals surface area (Å²) < 4.78 is 22.8. The van der Waals surface area contributed by atoms with Crippen LogP contribution in [0.15, 0.2) is 72.3 Å². The van der Waals surface area contributed by atoms with Gasteiger partial charge in [-0.15, -0.1) is 0 Å². The minimum absolute atomic E-state index is 0.0207. The lowest BCUT2D eigenvalue weighted by molar-refractivity contribution is -0.112. The highest BCUT2D eigenvalue weighted by atomic mass is 16.5. The molecule has 1 N–H and O–H groups in total. The van der Waals surface area contributed by atoms with Gasteiger partial charge in [0.2, 0.25) is 0 Å². The standard InChI is InChI=1S/C32H36N2O5/c1-4-5-6-7-18-37-28-13-15-29(16-14-28)38-19-20-39-30-17-10-25(22-31(30)36-3)21-26(23-33)32(35)34-27-11-8-24(2)9-12-27/h8-17,21-22H,4-7,18-20H2,1-3H3,(H,34,35)/b26-21+. The molecule has 0 atom stereocenters. The molecule has 7 heteroatoms. The molecule has 0 aromatic heterocycles. The summed E-state index contributed by atoms with van der Waals surface area (Å²) in [5.74, 6) is 2.11. The van der Waals surface area contributed by atoms with Gasteiger partial charge in [0.1, 0.15) is 36.4 Å². The first-order chi connectivity index (χ1) is 19.0. The second-order valence-corrected chi connectivity index (χ2v) is 8.98. The molecule has 3 aromatic rings. The molecule has 0 saturated carbocycles. The van der Waals surface area contributed by atoms with E-state index in [1.807, 2.05) is 49.4 Å². The maximum atomic E-state index is 12.6. The number of anilines is 1. The summed E-state index contributed by atoms with van der Waals surface area (Å²) in [5.41, 5.74) is 2.32. The number of ether oxygens (including phenoxy) is 4. The lowest BCUT2D eigenvalue weighted by Crippen LogP contribution is -2.13. The summed E-state index contributed by atoms with van der Waals surface area (Å²) in [5, 5.41) is 12.3. The molecule has 3 rings (SSSR count). The smallest absolute Gasteiger partial charge is 0.266 e. The van der Waals surface area contributed by atoms with Crippen molar-refractivity contribution >= 4 is 17.7 Å². The van der Waals surface area contributed by atoms with E-state index in [-0.39, 0.29) is 5.57 Å². The molecule has 0 heterocycles. The van der Waals surface area contributed by atoms with Crippen LogP contribution in [0.25, 0.3) is 6.08 Å². The molecule has 0 fully saturated rings. The van der Waals surface area contributed by atoms with Gasteiger partial charge in [0.05, 0.1) is 13.7 Å². The minimum Gasteiger partial charge on any atom is -0.494 e. The van der Waals surface area contributed by atoms with Crippen LogP contribution in [0.4, 0.5) is 5.69 Å². The summed E-state index contributed by atoms with van der Waals surface area (Å²) in [7, 11) is 1.54. The zero-order chi connectivity index (χ0) is 27.9. The Labute approximate surface area is 231 Å². The summed E-state index contributed by atoms with van der Waals surface area (Å²) in [6, 6.07) is 22.1. The highest BCUT2D eigenvalue weighted by molar-refractivity contribution is 6.09. The van der Waals surface area contributed by atoms with Gasteiger partial charge in [-0.2, -0.15) is 5.26 Å². The van der Waals surface area contributed by atoms with Crippen molar-refractivity contribution in [1.82, 2.24) is 0 Å². The van der Waals surface area contributed by atoms with Gasteiger partial charge in [-0.1, -0.05) is 49.9 Å². The van der Waals surface area contributed by atoms with E-state index < -0.39 is 5.91 Å². The number of aryl methyl sites for hydroxylation is 1. The first kappa shape index (κ1) is 29.1. The Balaban J connectivity index is 1.49. The van der Waals surface area contributed by atoms with Crippen molar-refractivity contribution in [3.63, 3.8) is 0 Å². The largest absolute Gasteiger partial charge is 0.494 e. The van der Waals surface area contributed by atoms with Gasteiger partial charge in [-0.25, -0.2) is 0 Å². The number of carbonyl (C=O) groups excluding carboxylic acids is 1. The van der Waals surface area contributed by atoms with Gasteiger partial charge in [0.15, 0.2) is 11.5 Å². The van der Waals surface area contributed by atoms with E-state index in [1.165, 1.54) is 32.4 Å². The number of methoxy groups -OCH3 is 1. The Bertz CT molecular complexity index is 1260. The third-order valence-corrected chi connectivity index (χ3v) is 5.87. The number of benzene rings is 3. The number of amides is 1. The number of unbranched alkanes of at least 4 members (excludes halogenated alkanes) is 3. The van der Waals surface area contributed by atoms with Crippen LogP contribution in [0.1, 0.15) is 43.7 Å². The van der Waals surface area contributed by atoms with Gasteiger partial charge >= 0.3 is 0 Å². The van der Waals surface area contributed by atoms with E-state index in [2.05, 4.69) is 12.2 Å². The zero-order valence-electron chi connectivity index (χ0n) is 22.9. The summed E-state index contributed by atoms with van der Waals surface area (Å²) in [6.45, 7) is 5.54. The third kappa shape index (κ3) is 9.75. The van der Waals surface area contributed by atoms with E-state index in [1.54, 1.807) is 30.3 Å². The van der Waals surface area contributed by atoms with Crippen LogP contribution >= 0.6 is 0 Å². The number of hydrogen-bond acceptors (Lipinski definition) is 6. The third-order valence-electron chi connectivity index (χ3n) is 5.87. The molecule has 1 amide bonds. The second-order valence-electron chi connectivity index (χ2n) is 8.98. The molecule has 0 bridgehead atoms. The second kappa shape index (κ2) is 15.7. The molecule has 0 spiro atoms. The average Bonchev–Trinajstić information content (AvgIpc) is 2.96. The Hall–Kier alpha value is -4.44. The molecule has 0 unspecified atom stereocenters. The lowest BCUT2D eigenvalue weighted by atomic mass is 10.1. The van der Waals surface area contributed by atoms with E-state index in [9.17, 15) is 10.1 Å². The summed E-state index contributed by atoms with van der Waals surface area (Å²) in [4.78, 5) is 12.6. The van der Waals surface area contributed by atoms with E-state index in [4.69, 9.17) is 18.9 Å². The first-order valence-electron chi connectivity index (χ1n) is 13.2. The minimum atomic E-state index is -0.482. The van der Waals surface area contributed by atoms with Crippen molar-refractivity contribution < 1.29 is 23.7 Å². The molecule has 0 aliphatic heterocycles. The van der Waals surface area contributed by atoms with Gasteiger partial charge < -0.3 is 24.3 Å². The number of hydrogen-bond donors (Lipinski definition) is 1. The van der Waals surface area contributed by atoms with Crippen LogP contribution in [-0.2, 0) is 4.79 Å². The van der Waals surface area contributed by atoms with Gasteiger partial charge in [-0.05, 0) is 73.5 Å². The van der Waals surface area contributed by atoms with Crippen LogP contribution in [0.3, 0.4) is 0 Å². The Morgan fingerprint density at radius 1 is 0.846 bits per heavy atom. The number of carbonyl (C=O) groups is 1. The number of rotatable bonds is 15. The summed E-state index contributed by atoms with van der Waals surface area (Å²) >= 11 is 0.